The van der Waals surface area contributed by atoms with Crippen LogP contribution in [0.15, 0.2) is 18.3 Å². The Morgan fingerprint density at radius 3 is 2.75 bits per heavy atom. The summed E-state index contributed by atoms with van der Waals surface area (Å²) < 4.78 is 52.0. The lowest BCUT2D eigenvalue weighted by Gasteiger charge is -2.28. The molecule has 2 heterocycles. The standard InChI is InChI=1S/C16H14ClF4N3/c1-9-2-3-12(18)11(14(9)17)8-24-5-4-13-10(7-24)6-22-15(23-13)16(19,20)21/h2-3,6H,4-5,7-8H2,1H3. The van der Waals surface area contributed by atoms with Gasteiger partial charge in [-0.2, -0.15) is 13.2 Å². The number of benzene rings is 1. The first-order valence-corrected chi connectivity index (χ1v) is 7.71. The van der Waals surface area contributed by atoms with Crippen LogP contribution in [-0.2, 0) is 25.7 Å². The third-order valence-corrected chi connectivity index (χ3v) is 4.55. The largest absolute Gasteiger partial charge is 0.451 e. The number of nitrogens with zero attached hydrogens (tertiary/aromatic N) is 3. The highest BCUT2D eigenvalue weighted by atomic mass is 35.5. The molecule has 0 amide bonds. The van der Waals surface area contributed by atoms with Crippen LogP contribution in [0.1, 0.15) is 28.2 Å². The van der Waals surface area contributed by atoms with Gasteiger partial charge < -0.3 is 0 Å². The Hall–Kier alpha value is -1.73. The first-order valence-electron chi connectivity index (χ1n) is 7.33. The molecule has 0 fully saturated rings. The fourth-order valence-corrected chi connectivity index (χ4v) is 2.94. The van der Waals surface area contributed by atoms with Crippen LogP contribution in [-0.4, -0.2) is 21.4 Å². The number of aromatic nitrogens is 2. The Bertz CT molecular complexity index is 777. The molecule has 2 aromatic rings. The lowest BCUT2D eigenvalue weighted by molar-refractivity contribution is -0.145. The molecule has 0 saturated carbocycles. The molecule has 0 spiro atoms. The fourth-order valence-electron chi connectivity index (χ4n) is 2.73. The minimum Gasteiger partial charge on any atom is -0.294 e. The fraction of sp³-hybridized carbons (Fsp3) is 0.375. The van der Waals surface area contributed by atoms with Crippen LogP contribution in [0.4, 0.5) is 17.6 Å². The van der Waals surface area contributed by atoms with Gasteiger partial charge in [-0.3, -0.25) is 4.90 Å². The van der Waals surface area contributed by atoms with Crippen molar-refractivity contribution in [2.24, 2.45) is 0 Å². The SMILES string of the molecule is Cc1ccc(F)c(CN2CCc3nc(C(F)(F)F)ncc3C2)c1Cl. The second-order valence-corrected chi connectivity index (χ2v) is 6.16. The van der Waals surface area contributed by atoms with E-state index in [1.54, 1.807) is 13.0 Å². The molecule has 0 N–H and O–H groups in total. The molecule has 1 aromatic carbocycles. The average Bonchev–Trinajstić information content (AvgIpc) is 2.53. The number of rotatable bonds is 2. The van der Waals surface area contributed by atoms with Gasteiger partial charge in [0.15, 0.2) is 0 Å². The third-order valence-electron chi connectivity index (χ3n) is 4.03. The van der Waals surface area contributed by atoms with Crippen molar-refractivity contribution in [1.82, 2.24) is 14.9 Å². The lowest BCUT2D eigenvalue weighted by Crippen LogP contribution is -2.32. The monoisotopic (exact) mass is 359 g/mol. The summed E-state index contributed by atoms with van der Waals surface area (Å²) in [6.07, 6.45) is -3.00. The van der Waals surface area contributed by atoms with Gasteiger partial charge in [0.05, 0.1) is 10.7 Å². The maximum atomic E-state index is 14.0. The van der Waals surface area contributed by atoms with E-state index in [0.717, 1.165) is 5.56 Å². The van der Waals surface area contributed by atoms with Crippen molar-refractivity contribution >= 4 is 11.6 Å². The minimum absolute atomic E-state index is 0.285. The molecular weight excluding hydrogens is 346 g/mol. The molecule has 8 heteroatoms. The van der Waals surface area contributed by atoms with Crippen molar-refractivity contribution in [3.63, 3.8) is 0 Å². The Balaban J connectivity index is 1.80. The van der Waals surface area contributed by atoms with E-state index >= 15 is 0 Å². The molecule has 0 aliphatic carbocycles. The van der Waals surface area contributed by atoms with Gasteiger partial charge in [-0.15, -0.1) is 0 Å². The average molecular weight is 360 g/mol. The van der Waals surface area contributed by atoms with E-state index in [1.807, 2.05) is 4.90 Å². The molecule has 3 nitrogen and oxygen atoms in total. The van der Waals surface area contributed by atoms with Crippen LogP contribution in [0.3, 0.4) is 0 Å². The zero-order valence-electron chi connectivity index (χ0n) is 12.8. The summed E-state index contributed by atoms with van der Waals surface area (Å²) in [6, 6.07) is 2.98. The first kappa shape index (κ1) is 17.1. The summed E-state index contributed by atoms with van der Waals surface area (Å²) in [5.74, 6) is -1.51. The van der Waals surface area contributed by atoms with E-state index in [9.17, 15) is 17.6 Å². The first-order chi connectivity index (χ1) is 11.3. The van der Waals surface area contributed by atoms with E-state index < -0.39 is 12.0 Å². The van der Waals surface area contributed by atoms with Crippen molar-refractivity contribution < 1.29 is 17.6 Å². The van der Waals surface area contributed by atoms with Crippen LogP contribution in [0.5, 0.6) is 0 Å². The van der Waals surface area contributed by atoms with E-state index in [4.69, 9.17) is 11.6 Å². The van der Waals surface area contributed by atoms with Crippen LogP contribution in [0, 0.1) is 12.7 Å². The molecule has 3 rings (SSSR count). The second kappa shape index (κ2) is 6.29. The van der Waals surface area contributed by atoms with Gasteiger partial charge in [-0.05, 0) is 18.6 Å². The van der Waals surface area contributed by atoms with Gasteiger partial charge in [0.25, 0.3) is 0 Å². The number of halogens is 5. The topological polar surface area (TPSA) is 29.0 Å². The highest BCUT2D eigenvalue weighted by Crippen LogP contribution is 2.29. The predicted octanol–water partition coefficient (Wildman–Crippen LogP) is 4.15. The van der Waals surface area contributed by atoms with Crippen molar-refractivity contribution in [2.75, 3.05) is 6.54 Å². The van der Waals surface area contributed by atoms with Gasteiger partial charge in [0.1, 0.15) is 5.82 Å². The number of fused-ring (bicyclic) bond motifs is 1. The number of aryl methyl sites for hydroxylation is 1. The summed E-state index contributed by atoms with van der Waals surface area (Å²) in [7, 11) is 0. The molecule has 24 heavy (non-hydrogen) atoms. The molecule has 0 unspecified atom stereocenters. The molecule has 0 bridgehead atoms. The maximum Gasteiger partial charge on any atom is 0.451 e. The highest BCUT2D eigenvalue weighted by molar-refractivity contribution is 6.32. The number of hydrogen-bond acceptors (Lipinski definition) is 3. The van der Waals surface area contributed by atoms with Crippen molar-refractivity contribution in [3.05, 3.63) is 57.4 Å². The van der Waals surface area contributed by atoms with Gasteiger partial charge in [0, 0.05) is 43.4 Å². The van der Waals surface area contributed by atoms with Crippen molar-refractivity contribution in [1.29, 1.82) is 0 Å². The Labute approximate surface area is 141 Å². The Kier molecular flexibility index (Phi) is 4.48. The lowest BCUT2D eigenvalue weighted by atomic mass is 10.1. The Morgan fingerprint density at radius 2 is 2.04 bits per heavy atom. The summed E-state index contributed by atoms with van der Waals surface area (Å²) >= 11 is 6.17. The van der Waals surface area contributed by atoms with Crippen molar-refractivity contribution in [3.8, 4) is 0 Å². The number of hydrogen-bond donors (Lipinski definition) is 0. The van der Waals surface area contributed by atoms with E-state index in [1.165, 1.54) is 12.3 Å². The Morgan fingerprint density at radius 1 is 1.29 bits per heavy atom. The predicted molar refractivity (Wildman–Crippen MR) is 81.0 cm³/mol. The molecule has 0 atom stereocenters. The van der Waals surface area contributed by atoms with Crippen molar-refractivity contribution in [2.45, 2.75) is 32.6 Å². The molecule has 0 radical (unpaired) electrons. The van der Waals surface area contributed by atoms with Crippen LogP contribution in [0.2, 0.25) is 5.02 Å². The summed E-state index contributed by atoms with van der Waals surface area (Å²) in [5, 5.41) is 0.379. The van der Waals surface area contributed by atoms with E-state index in [2.05, 4.69) is 9.97 Å². The second-order valence-electron chi connectivity index (χ2n) is 5.78. The maximum absolute atomic E-state index is 14.0. The highest BCUT2D eigenvalue weighted by Gasteiger charge is 2.35. The zero-order chi connectivity index (χ0) is 17.5. The van der Waals surface area contributed by atoms with Gasteiger partial charge >= 0.3 is 6.18 Å². The summed E-state index contributed by atoms with van der Waals surface area (Å²) in [5.41, 5.74) is 2.19. The van der Waals surface area contributed by atoms with Crippen LogP contribution in [0.25, 0.3) is 0 Å². The molecule has 1 aliphatic heterocycles. The molecule has 1 aromatic heterocycles. The molecule has 1 aliphatic rings. The normalized spacial score (nSPS) is 15.4. The van der Waals surface area contributed by atoms with Crippen LogP contribution < -0.4 is 0 Å². The minimum atomic E-state index is -4.55. The van der Waals surface area contributed by atoms with Gasteiger partial charge in [-0.1, -0.05) is 17.7 Å². The number of alkyl halides is 3. The van der Waals surface area contributed by atoms with Gasteiger partial charge in [-0.25, -0.2) is 14.4 Å². The van der Waals surface area contributed by atoms with Crippen LogP contribution >= 0.6 is 11.6 Å². The summed E-state index contributed by atoms with van der Waals surface area (Å²) in [4.78, 5) is 8.92. The third kappa shape index (κ3) is 3.37. The molecule has 128 valence electrons. The van der Waals surface area contributed by atoms with E-state index in [-0.39, 0.29) is 12.4 Å². The summed E-state index contributed by atoms with van der Waals surface area (Å²) in [6.45, 7) is 2.91. The smallest absolute Gasteiger partial charge is 0.294 e. The zero-order valence-corrected chi connectivity index (χ0v) is 13.5. The molecule has 0 saturated heterocycles. The van der Waals surface area contributed by atoms with Gasteiger partial charge in [0.2, 0.25) is 5.82 Å². The van der Waals surface area contributed by atoms with E-state index in [0.29, 0.717) is 41.4 Å². The quantitative estimate of drug-likeness (QED) is 0.754. The molecular formula is C16H14ClF4N3.